The predicted molar refractivity (Wildman–Crippen MR) is 114 cm³/mol. The SMILES string of the molecule is CCOc1ccccc1OCCNC(C)C(O)Cc1ccc(CO)c(S(N)(=O)=O)c1. The second kappa shape index (κ2) is 11.3. The molecule has 2 atom stereocenters. The number of sulfonamides is 1. The van der Waals surface area contributed by atoms with E-state index in [0.717, 1.165) is 0 Å². The summed E-state index contributed by atoms with van der Waals surface area (Å²) in [5, 5.41) is 28.2. The zero-order valence-electron chi connectivity index (χ0n) is 17.2. The van der Waals surface area contributed by atoms with Crippen molar-refractivity contribution in [3.05, 3.63) is 53.6 Å². The summed E-state index contributed by atoms with van der Waals surface area (Å²) < 4.78 is 34.7. The lowest BCUT2D eigenvalue weighted by Gasteiger charge is -2.21. The monoisotopic (exact) mass is 438 g/mol. The van der Waals surface area contributed by atoms with Gasteiger partial charge in [0.2, 0.25) is 10.0 Å². The first-order valence-electron chi connectivity index (χ1n) is 9.77. The quantitative estimate of drug-likeness (QED) is 0.366. The third-order valence-electron chi connectivity index (χ3n) is 4.61. The maximum Gasteiger partial charge on any atom is 0.238 e. The Morgan fingerprint density at radius 1 is 1.13 bits per heavy atom. The summed E-state index contributed by atoms with van der Waals surface area (Å²) >= 11 is 0. The molecular formula is C21H30N2O6S. The molecule has 0 amide bonds. The first kappa shape index (κ1) is 24.1. The molecule has 0 aliphatic heterocycles. The summed E-state index contributed by atoms with van der Waals surface area (Å²) in [7, 11) is -3.96. The molecule has 0 radical (unpaired) electrons. The van der Waals surface area contributed by atoms with Crippen molar-refractivity contribution in [3.63, 3.8) is 0 Å². The maximum absolute atomic E-state index is 11.7. The van der Waals surface area contributed by atoms with Crippen LogP contribution in [0.25, 0.3) is 0 Å². The fourth-order valence-corrected chi connectivity index (χ4v) is 3.78. The summed E-state index contributed by atoms with van der Waals surface area (Å²) in [4.78, 5) is -0.128. The van der Waals surface area contributed by atoms with Gasteiger partial charge in [-0.05, 0) is 49.6 Å². The number of benzene rings is 2. The minimum Gasteiger partial charge on any atom is -0.490 e. The van der Waals surface area contributed by atoms with Gasteiger partial charge in [0.05, 0.1) is 24.2 Å². The first-order chi connectivity index (χ1) is 14.3. The maximum atomic E-state index is 11.7. The van der Waals surface area contributed by atoms with Crippen LogP contribution in [0.5, 0.6) is 11.5 Å². The van der Waals surface area contributed by atoms with E-state index >= 15 is 0 Å². The fraction of sp³-hybridized carbons (Fsp3) is 0.429. The van der Waals surface area contributed by atoms with Gasteiger partial charge in [0.1, 0.15) is 6.61 Å². The molecule has 0 bridgehead atoms. The number of para-hydroxylation sites is 2. The summed E-state index contributed by atoms with van der Waals surface area (Å²) in [5.74, 6) is 1.35. The van der Waals surface area contributed by atoms with Crippen LogP contribution in [0.3, 0.4) is 0 Å². The van der Waals surface area contributed by atoms with Gasteiger partial charge in [-0.3, -0.25) is 0 Å². The van der Waals surface area contributed by atoms with Gasteiger partial charge in [-0.1, -0.05) is 24.3 Å². The summed E-state index contributed by atoms with van der Waals surface area (Å²) in [6.45, 7) is 4.76. The Morgan fingerprint density at radius 2 is 1.80 bits per heavy atom. The minimum absolute atomic E-state index is 0.128. The van der Waals surface area contributed by atoms with Gasteiger partial charge in [0.15, 0.2) is 11.5 Å². The van der Waals surface area contributed by atoms with E-state index in [-0.39, 0.29) is 22.9 Å². The highest BCUT2D eigenvalue weighted by molar-refractivity contribution is 7.89. The zero-order chi connectivity index (χ0) is 22.1. The predicted octanol–water partition coefficient (Wildman–Crippen LogP) is 1.19. The molecule has 8 nitrogen and oxygen atoms in total. The number of ether oxygens (including phenoxy) is 2. The number of primary sulfonamides is 1. The van der Waals surface area contributed by atoms with Crippen LogP contribution >= 0.6 is 0 Å². The Hall–Kier alpha value is -2.17. The topological polar surface area (TPSA) is 131 Å². The summed E-state index contributed by atoms with van der Waals surface area (Å²) in [5.41, 5.74) is 0.839. The summed E-state index contributed by atoms with van der Waals surface area (Å²) in [6.07, 6.45) is -0.523. The molecule has 2 rings (SSSR count). The molecule has 9 heteroatoms. The molecule has 30 heavy (non-hydrogen) atoms. The smallest absolute Gasteiger partial charge is 0.238 e. The largest absolute Gasteiger partial charge is 0.490 e. The van der Waals surface area contributed by atoms with Crippen LogP contribution in [-0.2, 0) is 23.1 Å². The Labute approximate surface area is 177 Å². The van der Waals surface area contributed by atoms with Crippen LogP contribution in [0.15, 0.2) is 47.4 Å². The van der Waals surface area contributed by atoms with Gasteiger partial charge in [0, 0.05) is 12.6 Å². The average molecular weight is 439 g/mol. The Balaban J connectivity index is 1.87. The second-order valence-corrected chi connectivity index (χ2v) is 8.42. The van der Waals surface area contributed by atoms with Gasteiger partial charge in [-0.2, -0.15) is 0 Å². The molecule has 0 saturated carbocycles. The van der Waals surface area contributed by atoms with E-state index < -0.39 is 22.7 Å². The second-order valence-electron chi connectivity index (χ2n) is 6.89. The third kappa shape index (κ3) is 6.96. The van der Waals surface area contributed by atoms with E-state index in [4.69, 9.17) is 14.6 Å². The van der Waals surface area contributed by atoms with Crippen LogP contribution in [0, 0.1) is 0 Å². The van der Waals surface area contributed by atoms with E-state index in [1.54, 1.807) is 6.07 Å². The Kier molecular flexibility index (Phi) is 9.07. The fourth-order valence-electron chi connectivity index (χ4n) is 2.97. The van der Waals surface area contributed by atoms with Crippen LogP contribution in [0.2, 0.25) is 0 Å². The number of nitrogens with two attached hydrogens (primary N) is 1. The van der Waals surface area contributed by atoms with Gasteiger partial charge in [-0.15, -0.1) is 0 Å². The molecule has 2 unspecified atom stereocenters. The molecule has 2 aromatic rings. The van der Waals surface area contributed by atoms with Crippen LogP contribution in [0.1, 0.15) is 25.0 Å². The highest BCUT2D eigenvalue weighted by Crippen LogP contribution is 2.26. The number of aliphatic hydroxyl groups is 2. The normalized spacial score (nSPS) is 13.6. The molecule has 0 heterocycles. The number of hydrogen-bond acceptors (Lipinski definition) is 7. The zero-order valence-corrected chi connectivity index (χ0v) is 18.1. The lowest BCUT2D eigenvalue weighted by molar-refractivity contribution is 0.131. The Morgan fingerprint density at radius 3 is 2.40 bits per heavy atom. The molecule has 0 aliphatic rings. The highest BCUT2D eigenvalue weighted by Gasteiger charge is 2.18. The van der Waals surface area contributed by atoms with Crippen molar-refractivity contribution in [1.29, 1.82) is 0 Å². The van der Waals surface area contributed by atoms with E-state index in [9.17, 15) is 18.6 Å². The Bertz CT molecular complexity index is 919. The van der Waals surface area contributed by atoms with Crippen LogP contribution in [0.4, 0.5) is 0 Å². The molecule has 0 spiro atoms. The van der Waals surface area contributed by atoms with Gasteiger partial charge < -0.3 is 25.0 Å². The molecule has 0 aromatic heterocycles. The van der Waals surface area contributed by atoms with Crippen molar-refractivity contribution >= 4 is 10.0 Å². The molecule has 2 aromatic carbocycles. The molecule has 0 fully saturated rings. The van der Waals surface area contributed by atoms with Gasteiger partial charge in [0.25, 0.3) is 0 Å². The van der Waals surface area contributed by atoms with Crippen molar-refractivity contribution in [3.8, 4) is 11.5 Å². The number of hydrogen-bond donors (Lipinski definition) is 4. The van der Waals surface area contributed by atoms with E-state index in [0.29, 0.717) is 36.8 Å². The lowest BCUT2D eigenvalue weighted by atomic mass is 10.0. The molecule has 5 N–H and O–H groups in total. The molecule has 0 aliphatic carbocycles. The third-order valence-corrected chi connectivity index (χ3v) is 5.60. The molecular weight excluding hydrogens is 408 g/mol. The van der Waals surface area contributed by atoms with Gasteiger partial charge >= 0.3 is 0 Å². The minimum atomic E-state index is -3.96. The van der Waals surface area contributed by atoms with Gasteiger partial charge in [-0.25, -0.2) is 13.6 Å². The van der Waals surface area contributed by atoms with E-state index in [1.165, 1.54) is 12.1 Å². The van der Waals surface area contributed by atoms with Crippen molar-refractivity contribution in [2.75, 3.05) is 19.8 Å². The number of aliphatic hydroxyl groups excluding tert-OH is 2. The first-order valence-corrected chi connectivity index (χ1v) is 11.3. The van der Waals surface area contributed by atoms with Crippen molar-refractivity contribution < 1.29 is 28.1 Å². The van der Waals surface area contributed by atoms with Crippen LogP contribution in [-0.4, -0.2) is 50.5 Å². The van der Waals surface area contributed by atoms with Crippen LogP contribution < -0.4 is 19.9 Å². The van der Waals surface area contributed by atoms with E-state index in [1.807, 2.05) is 38.1 Å². The number of rotatable bonds is 12. The van der Waals surface area contributed by atoms with Crippen molar-refractivity contribution in [2.45, 2.75) is 43.9 Å². The standard InChI is InChI=1S/C21H30N2O6S/c1-3-28-19-6-4-5-7-20(19)29-11-10-23-15(2)18(25)12-16-8-9-17(14-24)21(13-16)30(22,26)27/h4-9,13,15,18,23-25H,3,10-12,14H2,1-2H3,(H2,22,26,27). The molecule has 166 valence electrons. The van der Waals surface area contributed by atoms with Crippen molar-refractivity contribution in [2.24, 2.45) is 5.14 Å². The van der Waals surface area contributed by atoms with E-state index in [2.05, 4.69) is 5.32 Å². The molecule has 0 saturated heterocycles. The summed E-state index contributed by atoms with van der Waals surface area (Å²) in [6, 6.07) is 11.7. The van der Waals surface area contributed by atoms with Crippen molar-refractivity contribution in [1.82, 2.24) is 5.32 Å². The average Bonchev–Trinajstić information content (AvgIpc) is 2.71. The lowest BCUT2D eigenvalue weighted by Crippen LogP contribution is -2.40. The number of nitrogens with one attached hydrogen (secondary N) is 1. The highest BCUT2D eigenvalue weighted by atomic mass is 32.2.